The Morgan fingerprint density at radius 2 is 1.88 bits per heavy atom. The van der Waals surface area contributed by atoms with Crippen LogP contribution in [0.1, 0.15) is 15.9 Å². The molecule has 0 aliphatic heterocycles. The molecule has 0 saturated carbocycles. The highest BCUT2D eigenvalue weighted by Gasteiger charge is 2.16. The van der Waals surface area contributed by atoms with E-state index in [2.05, 4.69) is 28.1 Å². The van der Waals surface area contributed by atoms with Gasteiger partial charge in [-0.05, 0) is 53.4 Å². The summed E-state index contributed by atoms with van der Waals surface area (Å²) in [5.41, 5.74) is 16.7. The van der Waals surface area contributed by atoms with Crippen molar-refractivity contribution >= 4 is 56.5 Å². The Morgan fingerprint density at radius 3 is 2.59 bits per heavy atom. The van der Waals surface area contributed by atoms with Crippen molar-refractivity contribution < 1.29 is 9.59 Å². The Labute approximate surface area is 189 Å². The van der Waals surface area contributed by atoms with Crippen molar-refractivity contribution in [3.8, 4) is 10.4 Å². The number of amides is 2. The Balaban J connectivity index is 1.70. The van der Waals surface area contributed by atoms with Gasteiger partial charge in [0.05, 0.1) is 11.4 Å². The molecule has 0 saturated heterocycles. The first-order valence-electron chi connectivity index (χ1n) is 9.98. The summed E-state index contributed by atoms with van der Waals surface area (Å²) in [5, 5.41) is 9.62. The summed E-state index contributed by atoms with van der Waals surface area (Å²) in [4.78, 5) is 24.9. The fourth-order valence-corrected chi connectivity index (χ4v) is 4.65. The summed E-state index contributed by atoms with van der Waals surface area (Å²) in [7, 11) is 1.75. The Hall–Kier alpha value is -3.88. The Bertz CT molecular complexity index is 1280. The number of nitrogens with two attached hydrogens (primary N) is 2. The van der Waals surface area contributed by atoms with Gasteiger partial charge in [0.2, 0.25) is 6.41 Å². The molecule has 0 aliphatic rings. The predicted molar refractivity (Wildman–Crippen MR) is 133 cm³/mol. The van der Waals surface area contributed by atoms with Gasteiger partial charge in [-0.2, -0.15) is 0 Å². The molecule has 0 bridgehead atoms. The lowest BCUT2D eigenvalue weighted by Gasteiger charge is -2.14. The molecular weight excluding hydrogens is 422 g/mol. The van der Waals surface area contributed by atoms with Crippen LogP contribution >= 0.6 is 11.3 Å². The normalized spacial score (nSPS) is 10.7. The first-order valence-corrected chi connectivity index (χ1v) is 10.8. The number of thiophene rings is 1. The molecule has 4 aromatic rings. The molecule has 7 nitrogen and oxygen atoms in total. The molecule has 3 aromatic carbocycles. The lowest BCUT2D eigenvalue weighted by Crippen LogP contribution is -2.14. The second-order valence-corrected chi connectivity index (χ2v) is 8.26. The van der Waals surface area contributed by atoms with Crippen molar-refractivity contribution in [3.05, 3.63) is 71.8 Å². The molecule has 8 heteroatoms. The third-order valence-electron chi connectivity index (χ3n) is 5.20. The first kappa shape index (κ1) is 21.4. The molecule has 0 aliphatic carbocycles. The van der Waals surface area contributed by atoms with Crippen molar-refractivity contribution in [1.82, 2.24) is 0 Å². The Morgan fingerprint density at radius 1 is 1.06 bits per heavy atom. The minimum atomic E-state index is -0.295. The SMILES string of the molecule is CNc1ccc(NC(=O)c2cc(CN)c(N)c(-c3cc4ccccc4s3)c2)cc1NC=O. The molecule has 162 valence electrons. The molecule has 4 rings (SSSR count). The highest BCUT2D eigenvalue weighted by atomic mass is 32.1. The van der Waals surface area contributed by atoms with Crippen LogP contribution in [0.2, 0.25) is 0 Å². The molecule has 1 aromatic heterocycles. The van der Waals surface area contributed by atoms with Crippen LogP contribution in [-0.4, -0.2) is 19.4 Å². The number of nitrogens with one attached hydrogen (secondary N) is 3. The molecule has 7 N–H and O–H groups in total. The average Bonchev–Trinajstić information content (AvgIpc) is 3.23. The average molecular weight is 446 g/mol. The van der Waals surface area contributed by atoms with Crippen LogP contribution in [0.4, 0.5) is 22.7 Å². The van der Waals surface area contributed by atoms with E-state index in [1.54, 1.807) is 48.7 Å². The van der Waals surface area contributed by atoms with Crippen molar-refractivity contribution in [1.29, 1.82) is 0 Å². The van der Waals surface area contributed by atoms with Crippen LogP contribution in [0, 0.1) is 0 Å². The lowest BCUT2D eigenvalue weighted by molar-refractivity contribution is -0.105. The van der Waals surface area contributed by atoms with Crippen molar-refractivity contribution in [2.45, 2.75) is 6.54 Å². The van der Waals surface area contributed by atoms with Crippen LogP contribution < -0.4 is 27.4 Å². The minimum Gasteiger partial charge on any atom is -0.398 e. The number of fused-ring (bicyclic) bond motifs is 1. The Kier molecular flexibility index (Phi) is 6.07. The summed E-state index contributed by atoms with van der Waals surface area (Å²) in [5.74, 6) is -0.295. The molecular formula is C24H23N5O2S. The molecule has 1 heterocycles. The number of benzene rings is 3. The van der Waals surface area contributed by atoms with Gasteiger partial charge < -0.3 is 27.4 Å². The van der Waals surface area contributed by atoms with Gasteiger partial charge in [-0.25, -0.2) is 0 Å². The number of carbonyl (C=O) groups excluding carboxylic acids is 2. The third-order valence-corrected chi connectivity index (χ3v) is 6.35. The molecule has 32 heavy (non-hydrogen) atoms. The molecule has 0 atom stereocenters. The van der Waals surface area contributed by atoms with Crippen LogP contribution in [0.5, 0.6) is 0 Å². The van der Waals surface area contributed by atoms with E-state index in [1.807, 2.05) is 18.2 Å². The second kappa shape index (κ2) is 9.09. The van der Waals surface area contributed by atoms with E-state index >= 15 is 0 Å². The van der Waals surface area contributed by atoms with E-state index in [-0.39, 0.29) is 12.5 Å². The predicted octanol–water partition coefficient (Wildman–Crippen LogP) is 4.47. The van der Waals surface area contributed by atoms with E-state index in [4.69, 9.17) is 11.5 Å². The molecule has 0 fully saturated rings. The standard InChI is InChI=1S/C24H23N5O2S/c1-27-19-7-6-17(11-20(19)28-13-30)29-24(31)15-8-16(12-25)23(26)18(9-15)22-10-14-4-2-3-5-21(14)32-22/h2-11,13,27H,12,25-26H2,1H3,(H,28,30)(H,29,31). The van der Waals surface area contributed by atoms with E-state index < -0.39 is 0 Å². The molecule has 2 amide bonds. The maximum Gasteiger partial charge on any atom is 0.255 e. The van der Waals surface area contributed by atoms with E-state index in [0.717, 1.165) is 26.2 Å². The highest BCUT2D eigenvalue weighted by molar-refractivity contribution is 7.22. The van der Waals surface area contributed by atoms with Crippen molar-refractivity contribution in [2.75, 3.05) is 28.7 Å². The molecule has 0 spiro atoms. The van der Waals surface area contributed by atoms with Gasteiger partial charge >= 0.3 is 0 Å². The van der Waals surface area contributed by atoms with Crippen molar-refractivity contribution in [3.63, 3.8) is 0 Å². The number of anilines is 4. The smallest absolute Gasteiger partial charge is 0.255 e. The summed E-state index contributed by atoms with van der Waals surface area (Å²) in [6.07, 6.45) is 0.590. The monoisotopic (exact) mass is 445 g/mol. The summed E-state index contributed by atoms with van der Waals surface area (Å²) in [6, 6.07) is 18.9. The zero-order valence-electron chi connectivity index (χ0n) is 17.4. The quantitative estimate of drug-likeness (QED) is 0.212. The largest absolute Gasteiger partial charge is 0.398 e. The van der Waals surface area contributed by atoms with Gasteiger partial charge in [-0.1, -0.05) is 18.2 Å². The molecule has 0 radical (unpaired) electrons. The van der Waals surface area contributed by atoms with Gasteiger partial charge in [-0.15, -0.1) is 11.3 Å². The summed E-state index contributed by atoms with van der Waals surface area (Å²) in [6.45, 7) is 0.217. The van der Waals surface area contributed by atoms with Gasteiger partial charge in [0.1, 0.15) is 0 Å². The number of hydrogen-bond donors (Lipinski definition) is 5. The molecule has 0 unspecified atom stereocenters. The maximum absolute atomic E-state index is 13.1. The first-order chi connectivity index (χ1) is 15.5. The minimum absolute atomic E-state index is 0.217. The van der Waals surface area contributed by atoms with Gasteiger partial charge in [0, 0.05) is 45.7 Å². The van der Waals surface area contributed by atoms with E-state index in [0.29, 0.717) is 34.6 Å². The zero-order valence-corrected chi connectivity index (χ0v) is 18.3. The maximum atomic E-state index is 13.1. The number of hydrogen-bond acceptors (Lipinski definition) is 6. The summed E-state index contributed by atoms with van der Waals surface area (Å²) >= 11 is 1.62. The number of carbonyl (C=O) groups is 2. The van der Waals surface area contributed by atoms with Gasteiger partial charge in [0.15, 0.2) is 0 Å². The zero-order chi connectivity index (χ0) is 22.7. The fraction of sp³-hybridized carbons (Fsp3) is 0.0833. The van der Waals surface area contributed by atoms with E-state index in [9.17, 15) is 9.59 Å². The number of nitrogen functional groups attached to an aromatic ring is 1. The van der Waals surface area contributed by atoms with Crippen LogP contribution in [0.15, 0.2) is 60.7 Å². The second-order valence-electron chi connectivity index (χ2n) is 7.18. The third kappa shape index (κ3) is 4.14. The van der Waals surface area contributed by atoms with Crippen LogP contribution in [-0.2, 0) is 11.3 Å². The van der Waals surface area contributed by atoms with Crippen molar-refractivity contribution in [2.24, 2.45) is 5.73 Å². The van der Waals surface area contributed by atoms with Crippen LogP contribution in [0.3, 0.4) is 0 Å². The summed E-state index contributed by atoms with van der Waals surface area (Å²) < 4.78 is 1.14. The fourth-order valence-electron chi connectivity index (χ4n) is 3.56. The van der Waals surface area contributed by atoms with Gasteiger partial charge in [-0.3, -0.25) is 9.59 Å². The van der Waals surface area contributed by atoms with E-state index in [1.165, 1.54) is 0 Å². The highest BCUT2D eigenvalue weighted by Crippen LogP contribution is 2.38. The lowest BCUT2D eigenvalue weighted by atomic mass is 10.0. The topological polar surface area (TPSA) is 122 Å². The van der Waals surface area contributed by atoms with Crippen LogP contribution in [0.25, 0.3) is 20.5 Å². The number of rotatable bonds is 7. The van der Waals surface area contributed by atoms with Gasteiger partial charge in [0.25, 0.3) is 5.91 Å².